The Kier molecular flexibility index (Phi) is 5.60. The topological polar surface area (TPSA) is 105 Å². The zero-order chi connectivity index (χ0) is 21.7. The number of carbonyl (C=O) groups excluding carboxylic acids is 3. The first-order valence-corrected chi connectivity index (χ1v) is 11.4. The minimum atomic E-state index is -1.05. The average molecular weight is 423 g/mol. The molecule has 2 N–H and O–H groups in total. The second-order valence-corrected chi connectivity index (χ2v) is 9.60. The van der Waals surface area contributed by atoms with Gasteiger partial charge in [0.2, 0.25) is 11.8 Å². The number of ether oxygens (including phenoxy) is 2. The van der Waals surface area contributed by atoms with Gasteiger partial charge in [-0.3, -0.25) is 14.4 Å². The van der Waals surface area contributed by atoms with Crippen LogP contribution in [0, 0.1) is 11.8 Å². The maximum atomic E-state index is 13.6. The Bertz CT molecular complexity index is 722. The lowest BCUT2D eigenvalue weighted by molar-refractivity contribution is -0.160. The van der Waals surface area contributed by atoms with Crippen LogP contribution in [0.2, 0.25) is 0 Å². The second-order valence-electron chi connectivity index (χ2n) is 9.60. The van der Waals surface area contributed by atoms with Crippen molar-refractivity contribution in [2.75, 3.05) is 13.2 Å². The van der Waals surface area contributed by atoms with Gasteiger partial charge in [0.15, 0.2) is 0 Å². The van der Waals surface area contributed by atoms with E-state index in [0.29, 0.717) is 12.8 Å². The SMILES string of the molecule is CCOC(=O)[C@H]1[C@H]2C(=O)N([C@H](C)CO)C(C(=O)NC3CCCCC3)C23CC[C@]1(C)O3. The van der Waals surface area contributed by atoms with Gasteiger partial charge >= 0.3 is 5.97 Å². The van der Waals surface area contributed by atoms with Crippen molar-refractivity contribution in [3.8, 4) is 0 Å². The van der Waals surface area contributed by atoms with Gasteiger partial charge in [0.25, 0.3) is 0 Å². The van der Waals surface area contributed by atoms with E-state index in [9.17, 15) is 19.5 Å². The van der Waals surface area contributed by atoms with Gasteiger partial charge in [0, 0.05) is 6.04 Å². The summed E-state index contributed by atoms with van der Waals surface area (Å²) in [4.78, 5) is 41.4. The molecule has 8 nitrogen and oxygen atoms in total. The van der Waals surface area contributed by atoms with E-state index in [1.165, 1.54) is 11.3 Å². The summed E-state index contributed by atoms with van der Waals surface area (Å²) < 4.78 is 11.8. The molecule has 0 aromatic carbocycles. The van der Waals surface area contributed by atoms with Crippen LogP contribution in [-0.2, 0) is 23.9 Å². The maximum Gasteiger partial charge on any atom is 0.312 e. The number of likely N-dealkylation sites (tertiary alicyclic amines) is 1. The lowest BCUT2D eigenvalue weighted by atomic mass is 9.66. The van der Waals surface area contributed by atoms with E-state index >= 15 is 0 Å². The van der Waals surface area contributed by atoms with Crippen LogP contribution < -0.4 is 5.32 Å². The predicted molar refractivity (Wildman–Crippen MR) is 107 cm³/mol. The minimum absolute atomic E-state index is 0.0955. The van der Waals surface area contributed by atoms with Crippen LogP contribution in [0.3, 0.4) is 0 Å². The van der Waals surface area contributed by atoms with Crippen molar-refractivity contribution in [3.05, 3.63) is 0 Å². The van der Waals surface area contributed by atoms with Crippen molar-refractivity contribution in [2.24, 2.45) is 11.8 Å². The molecule has 3 heterocycles. The molecule has 2 bridgehead atoms. The molecule has 2 unspecified atom stereocenters. The Labute approximate surface area is 177 Å². The van der Waals surface area contributed by atoms with Crippen molar-refractivity contribution in [1.82, 2.24) is 10.2 Å². The van der Waals surface area contributed by atoms with Gasteiger partial charge in [-0.2, -0.15) is 0 Å². The van der Waals surface area contributed by atoms with Gasteiger partial charge < -0.3 is 24.8 Å². The van der Waals surface area contributed by atoms with Crippen molar-refractivity contribution in [1.29, 1.82) is 0 Å². The van der Waals surface area contributed by atoms with Crippen LogP contribution in [0.15, 0.2) is 0 Å². The number of amides is 2. The first-order chi connectivity index (χ1) is 14.3. The third-order valence-corrected chi connectivity index (χ3v) is 7.69. The second kappa shape index (κ2) is 7.79. The predicted octanol–water partition coefficient (Wildman–Crippen LogP) is 1.14. The van der Waals surface area contributed by atoms with Gasteiger partial charge in [0.1, 0.15) is 17.6 Å². The molecule has 1 aliphatic carbocycles. The molecule has 1 spiro atoms. The van der Waals surface area contributed by atoms with Gasteiger partial charge in [-0.15, -0.1) is 0 Å². The molecule has 4 aliphatic rings. The van der Waals surface area contributed by atoms with Crippen molar-refractivity contribution in [2.45, 2.75) is 95.0 Å². The molecule has 2 amide bonds. The molecule has 168 valence electrons. The Balaban J connectivity index is 1.70. The first kappa shape index (κ1) is 21.6. The number of aliphatic hydroxyl groups is 1. The number of esters is 1. The quantitative estimate of drug-likeness (QED) is 0.622. The summed E-state index contributed by atoms with van der Waals surface area (Å²) in [5.41, 5.74) is -1.87. The first-order valence-electron chi connectivity index (χ1n) is 11.4. The fraction of sp³-hybridized carbons (Fsp3) is 0.864. The standard InChI is InChI=1S/C22H34N2O6/c1-4-29-20(28)16-15-19(27)24(13(2)12-25)17(22(15)11-10-21(16,3)30-22)18(26)23-14-8-6-5-7-9-14/h13-17,25H,4-12H2,1-3H3,(H,23,26)/t13-,15+,16-,17?,21+,22?/m1/s1. The lowest BCUT2D eigenvalue weighted by Crippen LogP contribution is -2.59. The number of nitrogens with one attached hydrogen (secondary N) is 1. The molecule has 6 atom stereocenters. The molecule has 0 radical (unpaired) electrons. The smallest absolute Gasteiger partial charge is 0.312 e. The summed E-state index contributed by atoms with van der Waals surface area (Å²) in [5.74, 6) is -2.45. The zero-order valence-corrected chi connectivity index (χ0v) is 18.2. The van der Waals surface area contributed by atoms with Gasteiger partial charge in [0.05, 0.1) is 30.8 Å². The summed E-state index contributed by atoms with van der Waals surface area (Å²) in [6.45, 7) is 5.28. The number of hydrogen-bond donors (Lipinski definition) is 2. The van der Waals surface area contributed by atoms with Crippen LogP contribution in [0.4, 0.5) is 0 Å². The number of carbonyl (C=O) groups is 3. The van der Waals surface area contributed by atoms with Gasteiger partial charge in [-0.25, -0.2) is 0 Å². The van der Waals surface area contributed by atoms with E-state index in [-0.39, 0.29) is 31.1 Å². The molecule has 3 saturated heterocycles. The Morgan fingerprint density at radius 1 is 1.30 bits per heavy atom. The van der Waals surface area contributed by atoms with E-state index in [4.69, 9.17) is 9.47 Å². The Morgan fingerprint density at radius 2 is 2.00 bits per heavy atom. The summed E-state index contributed by atoms with van der Waals surface area (Å²) in [7, 11) is 0. The molecule has 30 heavy (non-hydrogen) atoms. The summed E-state index contributed by atoms with van der Waals surface area (Å²) in [5, 5.41) is 13.0. The molecular formula is C22H34N2O6. The monoisotopic (exact) mass is 422 g/mol. The van der Waals surface area contributed by atoms with Crippen LogP contribution in [0.25, 0.3) is 0 Å². The van der Waals surface area contributed by atoms with Crippen molar-refractivity contribution < 1.29 is 29.0 Å². The van der Waals surface area contributed by atoms with Gasteiger partial charge in [-0.1, -0.05) is 19.3 Å². The van der Waals surface area contributed by atoms with Crippen LogP contribution in [-0.4, -0.2) is 70.3 Å². The summed E-state index contributed by atoms with van der Waals surface area (Å²) in [6, 6.07) is -1.30. The highest BCUT2D eigenvalue weighted by Crippen LogP contribution is 2.63. The highest BCUT2D eigenvalue weighted by atomic mass is 16.6. The van der Waals surface area contributed by atoms with Gasteiger partial charge in [-0.05, 0) is 46.5 Å². The van der Waals surface area contributed by atoms with E-state index < -0.39 is 41.1 Å². The van der Waals surface area contributed by atoms with E-state index in [2.05, 4.69) is 5.32 Å². The molecule has 4 fully saturated rings. The molecule has 3 aliphatic heterocycles. The highest BCUT2D eigenvalue weighted by Gasteiger charge is 2.78. The fourth-order valence-electron chi connectivity index (χ4n) is 6.34. The summed E-state index contributed by atoms with van der Waals surface area (Å²) in [6.07, 6.45) is 6.33. The lowest BCUT2D eigenvalue weighted by Gasteiger charge is -2.37. The number of nitrogens with zero attached hydrogens (tertiary/aromatic N) is 1. The average Bonchev–Trinajstić information content (AvgIpc) is 3.29. The highest BCUT2D eigenvalue weighted by molar-refractivity contribution is 5.98. The minimum Gasteiger partial charge on any atom is -0.466 e. The normalized spacial score (nSPS) is 39.1. The fourth-order valence-corrected chi connectivity index (χ4v) is 6.34. The number of fused-ring (bicyclic) bond motifs is 1. The Morgan fingerprint density at radius 3 is 2.63 bits per heavy atom. The molecule has 1 saturated carbocycles. The zero-order valence-electron chi connectivity index (χ0n) is 18.2. The molecule has 4 rings (SSSR count). The Hall–Kier alpha value is -1.67. The van der Waals surface area contributed by atoms with Crippen LogP contribution in [0.1, 0.15) is 65.7 Å². The van der Waals surface area contributed by atoms with E-state index in [1.807, 2.05) is 6.92 Å². The molecule has 0 aromatic heterocycles. The third kappa shape index (κ3) is 3.06. The largest absolute Gasteiger partial charge is 0.466 e. The van der Waals surface area contributed by atoms with Crippen molar-refractivity contribution >= 4 is 17.8 Å². The van der Waals surface area contributed by atoms with E-state index in [0.717, 1.165) is 25.7 Å². The third-order valence-electron chi connectivity index (χ3n) is 7.69. The molecule has 8 heteroatoms. The number of aliphatic hydroxyl groups excluding tert-OH is 1. The number of hydrogen-bond acceptors (Lipinski definition) is 6. The van der Waals surface area contributed by atoms with Crippen LogP contribution >= 0.6 is 0 Å². The number of rotatable bonds is 6. The molecular weight excluding hydrogens is 388 g/mol. The van der Waals surface area contributed by atoms with Crippen LogP contribution in [0.5, 0.6) is 0 Å². The summed E-state index contributed by atoms with van der Waals surface area (Å²) >= 11 is 0. The molecule has 0 aromatic rings. The van der Waals surface area contributed by atoms with E-state index in [1.54, 1.807) is 13.8 Å². The van der Waals surface area contributed by atoms with Crippen molar-refractivity contribution in [3.63, 3.8) is 0 Å². The maximum absolute atomic E-state index is 13.6.